The Hall–Kier alpha value is -3.81. The van der Waals surface area contributed by atoms with Gasteiger partial charge in [-0.1, -0.05) is 48.0 Å². The molecule has 5 rings (SSSR count). The molecule has 0 radical (unpaired) electrons. The molecule has 0 atom stereocenters. The van der Waals surface area contributed by atoms with E-state index >= 15 is 0 Å². The standard InChI is InChI=1S/C24H22FN5O2/c1-15-9-11-16(12-10-15)22-27-24-29(20-8-4-6-18(20)23(32)30(24)28-22)14-21(31)26-13-17-5-2-3-7-19(17)25/h2-3,5,7,9-12H,4,6,8,13-14H2,1H3,(H,26,31). The van der Waals surface area contributed by atoms with Gasteiger partial charge in [0.05, 0.1) is 0 Å². The minimum absolute atomic E-state index is 0.0212. The van der Waals surface area contributed by atoms with Crippen LogP contribution in [0.25, 0.3) is 17.2 Å². The number of carbonyl (C=O) groups is 1. The van der Waals surface area contributed by atoms with Gasteiger partial charge in [-0.25, -0.2) is 4.39 Å². The van der Waals surface area contributed by atoms with Gasteiger partial charge in [0.15, 0.2) is 5.82 Å². The number of hydrogen-bond acceptors (Lipinski definition) is 4. The van der Waals surface area contributed by atoms with E-state index in [-0.39, 0.29) is 30.4 Å². The Balaban J connectivity index is 1.50. The summed E-state index contributed by atoms with van der Waals surface area (Å²) in [6.07, 6.45) is 2.20. The summed E-state index contributed by atoms with van der Waals surface area (Å²) in [4.78, 5) is 30.4. The first kappa shape index (κ1) is 20.1. The van der Waals surface area contributed by atoms with Crippen molar-refractivity contribution in [1.29, 1.82) is 0 Å². The van der Waals surface area contributed by atoms with Crippen molar-refractivity contribution < 1.29 is 9.18 Å². The van der Waals surface area contributed by atoms with Crippen LogP contribution < -0.4 is 10.9 Å². The van der Waals surface area contributed by atoms with Gasteiger partial charge < -0.3 is 9.88 Å². The SMILES string of the molecule is Cc1ccc(-c2nc3n(CC(=O)NCc4ccccc4F)c4c(c(=O)n3n2)CCC4)cc1. The molecule has 7 nitrogen and oxygen atoms in total. The fourth-order valence-corrected chi connectivity index (χ4v) is 4.15. The lowest BCUT2D eigenvalue weighted by Gasteiger charge is -2.14. The summed E-state index contributed by atoms with van der Waals surface area (Å²) in [7, 11) is 0. The summed E-state index contributed by atoms with van der Waals surface area (Å²) >= 11 is 0. The molecule has 1 amide bonds. The maximum absolute atomic E-state index is 13.9. The smallest absolute Gasteiger partial charge is 0.279 e. The second kappa shape index (κ2) is 8.03. The van der Waals surface area contributed by atoms with Crippen molar-refractivity contribution >= 4 is 11.7 Å². The molecule has 2 aromatic heterocycles. The first-order chi connectivity index (χ1) is 15.5. The van der Waals surface area contributed by atoms with Crippen molar-refractivity contribution in [3.05, 3.63) is 87.1 Å². The Labute approximate surface area is 183 Å². The first-order valence-electron chi connectivity index (χ1n) is 10.6. The lowest BCUT2D eigenvalue weighted by atomic mass is 10.1. The van der Waals surface area contributed by atoms with Crippen LogP contribution in [0.2, 0.25) is 0 Å². The van der Waals surface area contributed by atoms with E-state index in [0.717, 1.165) is 23.2 Å². The fraction of sp³-hybridized carbons (Fsp3) is 0.250. The van der Waals surface area contributed by atoms with Crippen LogP contribution in [-0.2, 0) is 30.7 Å². The Morgan fingerprint density at radius 2 is 1.91 bits per heavy atom. The number of rotatable bonds is 5. The van der Waals surface area contributed by atoms with Gasteiger partial charge in [0.1, 0.15) is 12.4 Å². The number of nitrogens with one attached hydrogen (secondary N) is 1. The quantitative estimate of drug-likeness (QED) is 0.527. The number of nitrogens with zero attached hydrogens (tertiary/aromatic N) is 4. The fourth-order valence-electron chi connectivity index (χ4n) is 4.15. The second-order valence-corrected chi connectivity index (χ2v) is 8.05. The van der Waals surface area contributed by atoms with E-state index in [0.29, 0.717) is 35.6 Å². The molecule has 32 heavy (non-hydrogen) atoms. The number of aryl methyl sites for hydroxylation is 1. The number of halogens is 1. The van der Waals surface area contributed by atoms with E-state index in [2.05, 4.69) is 15.4 Å². The Kier molecular flexibility index (Phi) is 5.05. The van der Waals surface area contributed by atoms with Crippen LogP contribution in [0.4, 0.5) is 4.39 Å². The zero-order valence-electron chi connectivity index (χ0n) is 17.6. The van der Waals surface area contributed by atoms with E-state index < -0.39 is 0 Å². The summed E-state index contributed by atoms with van der Waals surface area (Å²) in [5, 5.41) is 7.22. The highest BCUT2D eigenvalue weighted by Gasteiger charge is 2.25. The molecule has 2 heterocycles. The highest BCUT2D eigenvalue weighted by Crippen LogP contribution is 2.22. The average molecular weight is 431 g/mol. The van der Waals surface area contributed by atoms with E-state index in [9.17, 15) is 14.0 Å². The van der Waals surface area contributed by atoms with Crippen LogP contribution in [-0.4, -0.2) is 25.1 Å². The van der Waals surface area contributed by atoms with E-state index in [1.807, 2.05) is 31.2 Å². The predicted molar refractivity (Wildman–Crippen MR) is 118 cm³/mol. The number of hydrogen-bond donors (Lipinski definition) is 1. The van der Waals surface area contributed by atoms with Crippen molar-refractivity contribution in [3.8, 4) is 11.4 Å². The van der Waals surface area contributed by atoms with Crippen LogP contribution >= 0.6 is 0 Å². The number of fused-ring (bicyclic) bond motifs is 2. The molecule has 4 aromatic rings. The molecule has 1 aliphatic carbocycles. The minimum atomic E-state index is -0.361. The molecule has 0 aliphatic heterocycles. The maximum atomic E-state index is 13.9. The molecule has 0 saturated heterocycles. The molecular weight excluding hydrogens is 409 g/mol. The lowest BCUT2D eigenvalue weighted by molar-refractivity contribution is -0.121. The third kappa shape index (κ3) is 3.57. The maximum Gasteiger partial charge on any atom is 0.279 e. The molecule has 0 fully saturated rings. The summed E-state index contributed by atoms with van der Waals surface area (Å²) in [5.41, 5.74) is 3.66. The van der Waals surface area contributed by atoms with Crippen molar-refractivity contribution in [2.24, 2.45) is 0 Å². The topological polar surface area (TPSA) is 81.3 Å². The third-order valence-corrected chi connectivity index (χ3v) is 5.84. The summed E-state index contributed by atoms with van der Waals surface area (Å²) in [6.45, 7) is 2.06. The third-order valence-electron chi connectivity index (χ3n) is 5.84. The van der Waals surface area contributed by atoms with Crippen molar-refractivity contribution in [3.63, 3.8) is 0 Å². The minimum Gasteiger partial charge on any atom is -0.350 e. The lowest BCUT2D eigenvalue weighted by Crippen LogP contribution is -2.31. The molecule has 0 saturated carbocycles. The van der Waals surface area contributed by atoms with Gasteiger partial charge in [-0.2, -0.15) is 9.50 Å². The van der Waals surface area contributed by atoms with E-state index in [1.165, 1.54) is 10.6 Å². The van der Waals surface area contributed by atoms with Crippen LogP contribution in [0.5, 0.6) is 0 Å². The van der Waals surface area contributed by atoms with E-state index in [4.69, 9.17) is 0 Å². The van der Waals surface area contributed by atoms with Crippen molar-refractivity contribution in [2.45, 2.75) is 39.3 Å². The molecule has 162 valence electrons. The predicted octanol–water partition coefficient (Wildman–Crippen LogP) is 2.81. The van der Waals surface area contributed by atoms with Gasteiger partial charge in [-0.05, 0) is 32.3 Å². The second-order valence-electron chi connectivity index (χ2n) is 8.05. The molecule has 2 aromatic carbocycles. The highest BCUT2D eigenvalue weighted by molar-refractivity contribution is 5.76. The number of amides is 1. The zero-order valence-corrected chi connectivity index (χ0v) is 17.6. The number of benzene rings is 2. The van der Waals surface area contributed by atoms with Gasteiger partial charge in [-0.15, -0.1) is 5.10 Å². The van der Waals surface area contributed by atoms with Crippen LogP contribution in [0.1, 0.15) is 28.8 Å². The highest BCUT2D eigenvalue weighted by atomic mass is 19.1. The average Bonchev–Trinajstić information content (AvgIpc) is 3.45. The molecule has 8 heteroatoms. The number of aromatic nitrogens is 4. The summed E-state index contributed by atoms with van der Waals surface area (Å²) in [5.74, 6) is 0.131. The zero-order chi connectivity index (χ0) is 22.2. The Morgan fingerprint density at radius 1 is 1.12 bits per heavy atom. The first-order valence-corrected chi connectivity index (χ1v) is 10.6. The Morgan fingerprint density at radius 3 is 2.69 bits per heavy atom. The summed E-state index contributed by atoms with van der Waals surface area (Å²) < 4.78 is 16.9. The van der Waals surface area contributed by atoms with Crippen LogP contribution in [0.15, 0.2) is 53.3 Å². The van der Waals surface area contributed by atoms with Crippen LogP contribution in [0, 0.1) is 12.7 Å². The van der Waals surface area contributed by atoms with Gasteiger partial charge in [0, 0.05) is 28.9 Å². The van der Waals surface area contributed by atoms with Gasteiger partial charge in [0.2, 0.25) is 11.7 Å². The molecular formula is C24H22FN5O2. The molecule has 0 spiro atoms. The molecule has 0 unspecified atom stereocenters. The van der Waals surface area contributed by atoms with E-state index in [1.54, 1.807) is 22.8 Å². The van der Waals surface area contributed by atoms with Gasteiger partial charge >= 0.3 is 0 Å². The van der Waals surface area contributed by atoms with Crippen molar-refractivity contribution in [1.82, 2.24) is 24.5 Å². The van der Waals surface area contributed by atoms with Gasteiger partial charge in [0.25, 0.3) is 5.56 Å². The molecule has 1 N–H and O–H groups in total. The van der Waals surface area contributed by atoms with Crippen molar-refractivity contribution in [2.75, 3.05) is 0 Å². The number of carbonyl (C=O) groups excluding carboxylic acids is 1. The largest absolute Gasteiger partial charge is 0.350 e. The monoisotopic (exact) mass is 431 g/mol. The van der Waals surface area contributed by atoms with Gasteiger partial charge in [-0.3, -0.25) is 9.59 Å². The Bertz CT molecular complexity index is 1390. The molecule has 1 aliphatic rings. The summed E-state index contributed by atoms with van der Waals surface area (Å²) in [6, 6.07) is 14.1. The molecule has 0 bridgehead atoms. The van der Waals surface area contributed by atoms with Crippen LogP contribution in [0.3, 0.4) is 0 Å². The normalized spacial score (nSPS) is 12.8.